The fourth-order valence-electron chi connectivity index (χ4n) is 2.55. The van der Waals surface area contributed by atoms with E-state index in [1.807, 2.05) is 0 Å². The van der Waals surface area contributed by atoms with Gasteiger partial charge in [0, 0.05) is 5.56 Å². The summed E-state index contributed by atoms with van der Waals surface area (Å²) in [6.07, 6.45) is -4.52. The van der Waals surface area contributed by atoms with E-state index in [0.717, 1.165) is 6.07 Å². The topological polar surface area (TPSA) is 36.3 Å². The van der Waals surface area contributed by atoms with Crippen LogP contribution in [-0.2, 0) is 6.18 Å². The Morgan fingerprint density at radius 3 is 2.42 bits per heavy atom. The number of ether oxygens (including phenoxy) is 2. The molecule has 0 amide bonds. The number of halogens is 3. The van der Waals surface area contributed by atoms with Crippen molar-refractivity contribution in [3.8, 4) is 28.4 Å². The minimum absolute atomic E-state index is 0.102. The molecule has 7 heteroatoms. The molecule has 0 spiro atoms. The Balaban J connectivity index is 1.89. The third-order valence-electron chi connectivity index (χ3n) is 3.67. The predicted molar refractivity (Wildman–Crippen MR) is 80.1 cm³/mol. The molecule has 4 nitrogen and oxygen atoms in total. The number of nitrogens with zero attached hydrogens (tertiary/aromatic N) is 2. The Hall–Kier alpha value is -2.96. The van der Waals surface area contributed by atoms with Gasteiger partial charge in [-0.1, -0.05) is 18.2 Å². The van der Waals surface area contributed by atoms with Crippen molar-refractivity contribution in [3.05, 3.63) is 60.3 Å². The van der Waals surface area contributed by atoms with Gasteiger partial charge in [0.2, 0.25) is 6.79 Å². The van der Waals surface area contributed by atoms with E-state index in [1.54, 1.807) is 48.5 Å². The average Bonchev–Trinajstić information content (AvgIpc) is 3.21. The van der Waals surface area contributed by atoms with Gasteiger partial charge in [-0.05, 0) is 36.4 Å². The lowest BCUT2D eigenvalue weighted by molar-refractivity contribution is -0.141. The maximum atomic E-state index is 13.1. The Labute approximate surface area is 135 Å². The van der Waals surface area contributed by atoms with Gasteiger partial charge in [0.15, 0.2) is 17.2 Å². The smallest absolute Gasteiger partial charge is 0.435 e. The maximum Gasteiger partial charge on any atom is 0.435 e. The lowest BCUT2D eigenvalue weighted by atomic mass is 10.1. The Morgan fingerprint density at radius 2 is 1.67 bits per heavy atom. The zero-order valence-electron chi connectivity index (χ0n) is 12.2. The largest absolute Gasteiger partial charge is 0.454 e. The van der Waals surface area contributed by atoms with Crippen LogP contribution in [-0.4, -0.2) is 16.6 Å². The van der Waals surface area contributed by atoms with Crippen molar-refractivity contribution in [2.75, 3.05) is 6.79 Å². The van der Waals surface area contributed by atoms with Crippen LogP contribution in [0, 0.1) is 0 Å². The fourth-order valence-corrected chi connectivity index (χ4v) is 2.55. The number of para-hydroxylation sites is 1. The molecular weight excluding hydrogens is 321 g/mol. The van der Waals surface area contributed by atoms with Crippen molar-refractivity contribution >= 4 is 0 Å². The summed E-state index contributed by atoms with van der Waals surface area (Å²) in [7, 11) is 0. The molecule has 1 aliphatic rings. The van der Waals surface area contributed by atoms with E-state index in [-0.39, 0.29) is 6.79 Å². The summed E-state index contributed by atoms with van der Waals surface area (Å²) < 4.78 is 51.2. The van der Waals surface area contributed by atoms with Gasteiger partial charge in [-0.15, -0.1) is 0 Å². The molecule has 0 aliphatic carbocycles. The van der Waals surface area contributed by atoms with Crippen molar-refractivity contribution in [2.45, 2.75) is 6.18 Å². The van der Waals surface area contributed by atoms with E-state index in [0.29, 0.717) is 28.4 Å². The van der Waals surface area contributed by atoms with Crippen LogP contribution in [0.25, 0.3) is 16.9 Å². The Kier molecular flexibility index (Phi) is 3.23. The monoisotopic (exact) mass is 332 g/mol. The van der Waals surface area contributed by atoms with Gasteiger partial charge in [-0.2, -0.15) is 18.3 Å². The normalized spacial score (nSPS) is 13.3. The summed E-state index contributed by atoms with van der Waals surface area (Å²) in [6.45, 7) is 0.102. The van der Waals surface area contributed by atoms with Gasteiger partial charge in [-0.3, -0.25) is 0 Å². The number of hydrogen-bond donors (Lipinski definition) is 0. The third kappa shape index (κ3) is 2.47. The third-order valence-corrected chi connectivity index (χ3v) is 3.67. The van der Waals surface area contributed by atoms with Crippen LogP contribution in [0.3, 0.4) is 0 Å². The summed E-state index contributed by atoms with van der Waals surface area (Å²) in [5.74, 6) is 1.07. The van der Waals surface area contributed by atoms with Crippen molar-refractivity contribution in [3.63, 3.8) is 0 Å². The second-order valence-corrected chi connectivity index (χ2v) is 5.23. The molecule has 0 radical (unpaired) electrons. The molecule has 0 bridgehead atoms. The summed E-state index contributed by atoms with van der Waals surface area (Å²) in [6, 6.07) is 14.7. The molecule has 0 unspecified atom stereocenters. The summed E-state index contributed by atoms with van der Waals surface area (Å²) >= 11 is 0. The molecule has 3 aromatic rings. The van der Waals surface area contributed by atoms with Crippen LogP contribution in [0.2, 0.25) is 0 Å². The van der Waals surface area contributed by atoms with E-state index in [1.165, 1.54) is 4.68 Å². The fraction of sp³-hybridized carbons (Fsp3) is 0.118. The van der Waals surface area contributed by atoms with E-state index in [4.69, 9.17) is 9.47 Å². The van der Waals surface area contributed by atoms with Crippen molar-refractivity contribution in [2.24, 2.45) is 0 Å². The number of aromatic nitrogens is 2. The van der Waals surface area contributed by atoms with E-state index in [9.17, 15) is 13.2 Å². The minimum Gasteiger partial charge on any atom is -0.454 e. The highest BCUT2D eigenvalue weighted by atomic mass is 19.4. The molecule has 122 valence electrons. The first-order chi connectivity index (χ1) is 11.5. The Bertz CT molecular complexity index is 889. The van der Waals surface area contributed by atoms with Gasteiger partial charge < -0.3 is 9.47 Å². The highest BCUT2D eigenvalue weighted by molar-refractivity contribution is 5.67. The van der Waals surface area contributed by atoms with Crippen LogP contribution in [0.4, 0.5) is 13.2 Å². The van der Waals surface area contributed by atoms with Crippen LogP contribution in [0.5, 0.6) is 11.5 Å². The number of rotatable bonds is 2. The SMILES string of the molecule is FC(F)(F)c1cc(-c2ccc3c(c2)OCO3)n(-c2ccccc2)n1. The standard InChI is InChI=1S/C17H11F3N2O2/c18-17(19,20)16-9-13(22(21-16)12-4-2-1-3-5-12)11-6-7-14-15(8-11)24-10-23-14/h1-9H,10H2. The molecule has 0 saturated carbocycles. The number of hydrogen-bond acceptors (Lipinski definition) is 3. The number of alkyl halides is 3. The lowest BCUT2D eigenvalue weighted by Crippen LogP contribution is -2.07. The van der Waals surface area contributed by atoms with Crippen LogP contribution in [0.15, 0.2) is 54.6 Å². The zero-order chi connectivity index (χ0) is 16.7. The molecule has 0 N–H and O–H groups in total. The van der Waals surface area contributed by atoms with Crippen molar-refractivity contribution in [1.29, 1.82) is 0 Å². The lowest BCUT2D eigenvalue weighted by Gasteiger charge is -2.08. The van der Waals surface area contributed by atoms with Gasteiger partial charge in [-0.25, -0.2) is 4.68 Å². The molecule has 0 atom stereocenters. The van der Waals surface area contributed by atoms with E-state index < -0.39 is 11.9 Å². The molecule has 1 aliphatic heterocycles. The van der Waals surface area contributed by atoms with Gasteiger partial charge in [0.1, 0.15) is 0 Å². The average molecular weight is 332 g/mol. The molecule has 2 aromatic carbocycles. The summed E-state index contributed by atoms with van der Waals surface area (Å²) in [5.41, 5.74) is 0.484. The number of benzene rings is 2. The van der Waals surface area contributed by atoms with Crippen LogP contribution >= 0.6 is 0 Å². The first kappa shape index (κ1) is 14.6. The van der Waals surface area contributed by atoms with Gasteiger partial charge in [0.05, 0.1) is 11.4 Å². The molecule has 0 saturated heterocycles. The van der Waals surface area contributed by atoms with E-state index >= 15 is 0 Å². The predicted octanol–water partition coefficient (Wildman–Crippen LogP) is 4.29. The van der Waals surface area contributed by atoms with Gasteiger partial charge >= 0.3 is 6.18 Å². The molecule has 2 heterocycles. The first-order valence-electron chi connectivity index (χ1n) is 7.15. The molecule has 24 heavy (non-hydrogen) atoms. The first-order valence-corrected chi connectivity index (χ1v) is 7.15. The van der Waals surface area contributed by atoms with Crippen molar-refractivity contribution < 1.29 is 22.6 Å². The van der Waals surface area contributed by atoms with Crippen LogP contribution < -0.4 is 9.47 Å². The van der Waals surface area contributed by atoms with Crippen molar-refractivity contribution in [1.82, 2.24) is 9.78 Å². The van der Waals surface area contributed by atoms with E-state index in [2.05, 4.69) is 5.10 Å². The number of fused-ring (bicyclic) bond motifs is 1. The summed E-state index contributed by atoms with van der Waals surface area (Å²) in [5, 5.41) is 3.74. The summed E-state index contributed by atoms with van der Waals surface area (Å²) in [4.78, 5) is 0. The quantitative estimate of drug-likeness (QED) is 0.702. The van der Waals surface area contributed by atoms with Crippen LogP contribution in [0.1, 0.15) is 5.69 Å². The zero-order valence-corrected chi connectivity index (χ0v) is 12.2. The highest BCUT2D eigenvalue weighted by Crippen LogP contribution is 2.38. The highest BCUT2D eigenvalue weighted by Gasteiger charge is 2.35. The molecule has 0 fully saturated rings. The Morgan fingerprint density at radius 1 is 0.917 bits per heavy atom. The second-order valence-electron chi connectivity index (χ2n) is 5.23. The molecule has 4 rings (SSSR count). The molecule has 1 aromatic heterocycles. The second kappa shape index (κ2) is 5.30. The minimum atomic E-state index is -4.52. The maximum absolute atomic E-state index is 13.1. The molecular formula is C17H11F3N2O2. The van der Waals surface area contributed by atoms with Gasteiger partial charge in [0.25, 0.3) is 0 Å².